The van der Waals surface area contributed by atoms with Crippen LogP contribution in [0.15, 0.2) is 0 Å². The van der Waals surface area contributed by atoms with Crippen molar-refractivity contribution in [3.8, 4) is 0 Å². The summed E-state index contributed by atoms with van der Waals surface area (Å²) in [7, 11) is 0. The van der Waals surface area contributed by atoms with Gasteiger partial charge in [-0.2, -0.15) is 0 Å². The third-order valence-electron chi connectivity index (χ3n) is 2.74. The highest BCUT2D eigenvalue weighted by Crippen LogP contribution is 2.06. The second-order valence-corrected chi connectivity index (χ2v) is 4.15. The normalized spacial score (nSPS) is 16.2. The number of hydrogen-bond donors (Lipinski definition) is 2. The minimum Gasteiger partial charge on any atom is -0.481 e. The molecule has 1 rings (SSSR count). The zero-order valence-electron chi connectivity index (χ0n) is 9.57. The number of aliphatic carboxylic acids is 1. The fraction of sp³-hybridized carbons (Fsp3) is 0.818. The number of likely N-dealkylation sites (tertiary alicyclic amines) is 1. The van der Waals surface area contributed by atoms with Crippen molar-refractivity contribution in [1.82, 2.24) is 10.2 Å². The van der Waals surface area contributed by atoms with Gasteiger partial charge in [-0.15, -0.1) is 0 Å². The number of hydrogen-bond acceptors (Lipinski definition) is 3. The van der Waals surface area contributed by atoms with Gasteiger partial charge in [0.25, 0.3) is 0 Å². The number of carbonyl (C=O) groups is 2. The van der Waals surface area contributed by atoms with E-state index in [4.69, 9.17) is 5.11 Å². The van der Waals surface area contributed by atoms with Crippen LogP contribution in [0.25, 0.3) is 0 Å². The molecule has 0 aromatic carbocycles. The molecule has 1 fully saturated rings. The standard InChI is InChI=1S/C11H20N2O3/c14-10(4-5-11(15)16)12-6-3-9-13-7-1-2-8-13/h1-9H2,(H,12,14)(H,15,16). The third-order valence-corrected chi connectivity index (χ3v) is 2.74. The van der Waals surface area contributed by atoms with Crippen molar-refractivity contribution in [2.24, 2.45) is 0 Å². The van der Waals surface area contributed by atoms with Crippen molar-refractivity contribution < 1.29 is 14.7 Å². The Kier molecular flexibility index (Phi) is 5.85. The van der Waals surface area contributed by atoms with Gasteiger partial charge < -0.3 is 15.3 Å². The van der Waals surface area contributed by atoms with Gasteiger partial charge in [0.05, 0.1) is 6.42 Å². The minimum absolute atomic E-state index is 0.0824. The molecule has 0 unspecified atom stereocenters. The van der Waals surface area contributed by atoms with Crippen LogP contribution >= 0.6 is 0 Å². The smallest absolute Gasteiger partial charge is 0.303 e. The Hall–Kier alpha value is -1.10. The molecule has 0 aromatic heterocycles. The van der Waals surface area contributed by atoms with E-state index in [0.717, 1.165) is 13.0 Å². The van der Waals surface area contributed by atoms with Gasteiger partial charge in [-0.3, -0.25) is 9.59 Å². The van der Waals surface area contributed by atoms with Gasteiger partial charge in [0.1, 0.15) is 0 Å². The van der Waals surface area contributed by atoms with E-state index in [1.165, 1.54) is 25.9 Å². The maximum Gasteiger partial charge on any atom is 0.303 e. The highest BCUT2D eigenvalue weighted by molar-refractivity contribution is 5.80. The maximum atomic E-state index is 11.2. The molecule has 16 heavy (non-hydrogen) atoms. The first kappa shape index (κ1) is 13.0. The average Bonchev–Trinajstić information content (AvgIpc) is 2.74. The van der Waals surface area contributed by atoms with Crippen LogP contribution in [0.5, 0.6) is 0 Å². The number of nitrogens with zero attached hydrogens (tertiary/aromatic N) is 1. The van der Waals surface area contributed by atoms with Crippen LogP contribution in [-0.4, -0.2) is 48.1 Å². The molecule has 1 heterocycles. The molecule has 1 saturated heterocycles. The SMILES string of the molecule is O=C(O)CCC(=O)NCCCN1CCCC1. The highest BCUT2D eigenvalue weighted by Gasteiger charge is 2.10. The lowest BCUT2D eigenvalue weighted by molar-refractivity contribution is -0.138. The Labute approximate surface area is 95.8 Å². The zero-order valence-corrected chi connectivity index (χ0v) is 9.57. The summed E-state index contributed by atoms with van der Waals surface area (Å²) in [4.78, 5) is 23.8. The first-order valence-corrected chi connectivity index (χ1v) is 5.89. The average molecular weight is 228 g/mol. The summed E-state index contributed by atoms with van der Waals surface area (Å²) in [5.74, 6) is -1.09. The van der Waals surface area contributed by atoms with Crippen molar-refractivity contribution in [3.05, 3.63) is 0 Å². The summed E-state index contributed by atoms with van der Waals surface area (Å²) in [5, 5.41) is 11.1. The molecule has 0 aliphatic carbocycles. The van der Waals surface area contributed by atoms with Crippen LogP contribution in [0.1, 0.15) is 32.1 Å². The molecule has 2 N–H and O–H groups in total. The number of rotatable bonds is 7. The van der Waals surface area contributed by atoms with E-state index in [-0.39, 0.29) is 18.7 Å². The molecule has 1 aliphatic rings. The Morgan fingerprint density at radius 1 is 1.19 bits per heavy atom. The second kappa shape index (κ2) is 7.22. The van der Waals surface area contributed by atoms with Crippen LogP contribution in [0.3, 0.4) is 0 Å². The maximum absolute atomic E-state index is 11.2. The largest absolute Gasteiger partial charge is 0.481 e. The number of carboxylic acids is 1. The van der Waals surface area contributed by atoms with Crippen LogP contribution in [0, 0.1) is 0 Å². The molecule has 1 aliphatic heterocycles. The number of carbonyl (C=O) groups excluding carboxylic acids is 1. The number of nitrogens with one attached hydrogen (secondary N) is 1. The van der Waals surface area contributed by atoms with E-state index in [0.29, 0.717) is 6.54 Å². The van der Waals surface area contributed by atoms with Gasteiger partial charge in [-0.25, -0.2) is 0 Å². The summed E-state index contributed by atoms with van der Waals surface area (Å²) in [6.45, 7) is 4.02. The van der Waals surface area contributed by atoms with Gasteiger partial charge in [0.2, 0.25) is 5.91 Å². The van der Waals surface area contributed by atoms with E-state index in [1.807, 2.05) is 0 Å². The predicted octanol–water partition coefficient (Wildman–Crippen LogP) is 0.453. The van der Waals surface area contributed by atoms with Crippen molar-refractivity contribution in [1.29, 1.82) is 0 Å². The molecule has 0 atom stereocenters. The Morgan fingerprint density at radius 2 is 1.88 bits per heavy atom. The Morgan fingerprint density at radius 3 is 2.50 bits per heavy atom. The Balaban J connectivity index is 1.93. The van der Waals surface area contributed by atoms with E-state index in [1.54, 1.807) is 0 Å². The summed E-state index contributed by atoms with van der Waals surface area (Å²) in [5.41, 5.74) is 0. The van der Waals surface area contributed by atoms with Crippen LogP contribution in [0.4, 0.5) is 0 Å². The molecule has 5 nitrogen and oxygen atoms in total. The summed E-state index contributed by atoms with van der Waals surface area (Å²) >= 11 is 0. The van der Waals surface area contributed by atoms with Crippen molar-refractivity contribution in [2.45, 2.75) is 32.1 Å². The monoisotopic (exact) mass is 228 g/mol. The fourth-order valence-corrected chi connectivity index (χ4v) is 1.85. The molecule has 0 saturated carbocycles. The number of carboxylic acid groups (broad SMARTS) is 1. The molecular formula is C11H20N2O3. The van der Waals surface area contributed by atoms with Crippen LogP contribution < -0.4 is 5.32 Å². The van der Waals surface area contributed by atoms with E-state index in [2.05, 4.69) is 10.2 Å². The molecule has 0 aromatic rings. The van der Waals surface area contributed by atoms with E-state index >= 15 is 0 Å². The van der Waals surface area contributed by atoms with Gasteiger partial charge in [-0.1, -0.05) is 0 Å². The van der Waals surface area contributed by atoms with Gasteiger partial charge in [-0.05, 0) is 38.9 Å². The summed E-state index contributed by atoms with van der Waals surface area (Å²) in [6.07, 6.45) is 3.51. The van der Waals surface area contributed by atoms with Gasteiger partial charge >= 0.3 is 5.97 Å². The fourth-order valence-electron chi connectivity index (χ4n) is 1.85. The molecule has 0 bridgehead atoms. The van der Waals surface area contributed by atoms with Crippen LogP contribution in [0.2, 0.25) is 0 Å². The highest BCUT2D eigenvalue weighted by atomic mass is 16.4. The summed E-state index contributed by atoms with van der Waals surface area (Å²) < 4.78 is 0. The lowest BCUT2D eigenvalue weighted by Crippen LogP contribution is -2.28. The van der Waals surface area contributed by atoms with E-state index in [9.17, 15) is 9.59 Å². The van der Waals surface area contributed by atoms with Crippen molar-refractivity contribution in [2.75, 3.05) is 26.2 Å². The molecule has 92 valence electrons. The predicted molar refractivity (Wildman–Crippen MR) is 60.2 cm³/mol. The lowest BCUT2D eigenvalue weighted by Gasteiger charge is -2.14. The van der Waals surface area contributed by atoms with E-state index < -0.39 is 5.97 Å². The van der Waals surface area contributed by atoms with Crippen molar-refractivity contribution >= 4 is 11.9 Å². The van der Waals surface area contributed by atoms with Gasteiger partial charge in [0, 0.05) is 13.0 Å². The topological polar surface area (TPSA) is 69.6 Å². The van der Waals surface area contributed by atoms with Crippen molar-refractivity contribution in [3.63, 3.8) is 0 Å². The molecule has 1 amide bonds. The molecule has 5 heteroatoms. The number of amides is 1. The summed E-state index contributed by atoms with van der Waals surface area (Å²) in [6, 6.07) is 0. The third kappa shape index (κ3) is 5.70. The first-order valence-electron chi connectivity index (χ1n) is 5.89. The molecule has 0 radical (unpaired) electrons. The Bertz CT molecular complexity index is 237. The zero-order chi connectivity index (χ0) is 11.8. The first-order chi connectivity index (χ1) is 7.68. The quantitative estimate of drug-likeness (QED) is 0.621. The lowest BCUT2D eigenvalue weighted by atomic mass is 10.3. The minimum atomic E-state index is -0.924. The molecular weight excluding hydrogens is 208 g/mol. The van der Waals surface area contributed by atoms with Crippen LogP contribution in [-0.2, 0) is 9.59 Å². The van der Waals surface area contributed by atoms with Gasteiger partial charge in [0.15, 0.2) is 0 Å². The molecule has 0 spiro atoms. The second-order valence-electron chi connectivity index (χ2n) is 4.15.